The Morgan fingerprint density at radius 2 is 0.933 bits per heavy atom. The number of aliphatic imine (C=N–C) groups is 2. The maximum absolute atomic E-state index is 5.02. The molecule has 0 fully saturated rings. The highest BCUT2D eigenvalue weighted by atomic mass is 15.4. The van der Waals surface area contributed by atoms with Gasteiger partial charge in [-0.2, -0.15) is 0 Å². The third kappa shape index (κ3) is 3.88. The SMILES string of the molecule is Cc1cc2c(cc1C)C(NNC1=NC(C)(C)Cc3cc(C)c(C)cc31)=NC(C)(C)C2. The standard InChI is InChI=1S/C26H34N4/c1-15-9-19-13-25(5,6)27-23(21(19)11-17(15)3)29-30-24-22-12-18(4)16(2)10-20(22)14-26(7,8)28-24/h9-12H,13-14H2,1-8H3,(H,27,29)(H,28,30). The Labute approximate surface area is 180 Å². The van der Waals surface area contributed by atoms with Crippen molar-refractivity contribution in [3.63, 3.8) is 0 Å². The van der Waals surface area contributed by atoms with Crippen LogP contribution in [0.1, 0.15) is 72.2 Å². The molecule has 4 rings (SSSR count). The second kappa shape index (κ2) is 6.97. The first-order valence-corrected chi connectivity index (χ1v) is 10.9. The van der Waals surface area contributed by atoms with Gasteiger partial charge in [0.1, 0.15) is 11.7 Å². The highest BCUT2D eigenvalue weighted by molar-refractivity contribution is 6.06. The Kier molecular flexibility index (Phi) is 4.80. The summed E-state index contributed by atoms with van der Waals surface area (Å²) in [5.41, 5.74) is 16.9. The van der Waals surface area contributed by atoms with Crippen molar-refractivity contribution in [3.05, 3.63) is 68.8 Å². The highest BCUT2D eigenvalue weighted by Gasteiger charge is 2.30. The summed E-state index contributed by atoms with van der Waals surface area (Å²) >= 11 is 0. The zero-order valence-electron chi connectivity index (χ0n) is 19.6. The summed E-state index contributed by atoms with van der Waals surface area (Å²) in [5, 5.41) is 0. The molecule has 0 atom stereocenters. The number of fused-ring (bicyclic) bond motifs is 2. The average Bonchev–Trinajstić information content (AvgIpc) is 2.61. The van der Waals surface area contributed by atoms with Crippen molar-refractivity contribution in [2.24, 2.45) is 9.98 Å². The highest BCUT2D eigenvalue weighted by Crippen LogP contribution is 2.30. The van der Waals surface area contributed by atoms with Crippen molar-refractivity contribution in [1.29, 1.82) is 0 Å². The topological polar surface area (TPSA) is 48.8 Å². The van der Waals surface area contributed by atoms with Crippen molar-refractivity contribution in [2.45, 2.75) is 79.3 Å². The largest absolute Gasteiger partial charge is 0.283 e. The average molecular weight is 403 g/mol. The molecule has 0 saturated carbocycles. The number of hydrazine groups is 1. The molecule has 4 heteroatoms. The smallest absolute Gasteiger partial charge is 0.147 e. The fourth-order valence-electron chi connectivity index (χ4n) is 4.53. The second-order valence-electron chi connectivity index (χ2n) is 10.3. The van der Waals surface area contributed by atoms with E-state index in [9.17, 15) is 0 Å². The first-order valence-electron chi connectivity index (χ1n) is 10.9. The molecule has 0 saturated heterocycles. The lowest BCUT2D eigenvalue weighted by atomic mass is 9.86. The number of aryl methyl sites for hydroxylation is 4. The van der Waals surface area contributed by atoms with E-state index < -0.39 is 0 Å². The normalized spacial score (nSPS) is 18.7. The van der Waals surface area contributed by atoms with Gasteiger partial charge in [0.15, 0.2) is 0 Å². The van der Waals surface area contributed by atoms with Crippen LogP contribution < -0.4 is 10.9 Å². The monoisotopic (exact) mass is 402 g/mol. The first kappa shape index (κ1) is 20.6. The second-order valence-corrected chi connectivity index (χ2v) is 10.3. The predicted molar refractivity (Wildman–Crippen MR) is 127 cm³/mol. The third-order valence-corrected chi connectivity index (χ3v) is 6.32. The van der Waals surface area contributed by atoms with E-state index in [1.165, 1.54) is 44.5 Å². The minimum Gasteiger partial charge on any atom is -0.283 e. The Balaban J connectivity index is 1.69. The van der Waals surface area contributed by atoms with Crippen molar-refractivity contribution < 1.29 is 0 Å². The number of nitrogens with zero attached hydrogens (tertiary/aromatic N) is 2. The summed E-state index contributed by atoms with van der Waals surface area (Å²) in [6.07, 6.45) is 1.90. The lowest BCUT2D eigenvalue weighted by Gasteiger charge is -2.32. The quantitative estimate of drug-likeness (QED) is 0.617. The maximum Gasteiger partial charge on any atom is 0.147 e. The molecule has 2 aromatic rings. The van der Waals surface area contributed by atoms with Gasteiger partial charge in [-0.15, -0.1) is 0 Å². The van der Waals surface area contributed by atoms with E-state index in [2.05, 4.69) is 90.5 Å². The van der Waals surface area contributed by atoms with Gasteiger partial charge in [-0.05, 0) is 114 Å². The molecule has 0 radical (unpaired) electrons. The Bertz CT molecular complexity index is 999. The van der Waals surface area contributed by atoms with Crippen molar-refractivity contribution >= 4 is 11.7 Å². The summed E-state index contributed by atoms with van der Waals surface area (Å²) in [4.78, 5) is 10.0. The molecule has 0 aliphatic carbocycles. The number of nitrogens with one attached hydrogen (secondary N) is 2. The Morgan fingerprint density at radius 1 is 0.600 bits per heavy atom. The number of hydrogen-bond donors (Lipinski definition) is 2. The van der Waals surface area contributed by atoms with E-state index in [1.54, 1.807) is 0 Å². The molecule has 0 unspecified atom stereocenters. The van der Waals surface area contributed by atoms with Crippen LogP contribution in [0.3, 0.4) is 0 Å². The molecule has 2 heterocycles. The van der Waals surface area contributed by atoms with Crippen LogP contribution in [0.4, 0.5) is 0 Å². The van der Waals surface area contributed by atoms with Crippen LogP contribution in [0, 0.1) is 27.7 Å². The number of benzene rings is 2. The number of hydrogen-bond acceptors (Lipinski definition) is 4. The molecule has 0 aromatic heterocycles. The molecule has 158 valence electrons. The van der Waals surface area contributed by atoms with E-state index in [-0.39, 0.29) is 11.1 Å². The lowest BCUT2D eigenvalue weighted by molar-refractivity contribution is 0.501. The summed E-state index contributed by atoms with van der Waals surface area (Å²) in [6, 6.07) is 9.12. The molecule has 2 N–H and O–H groups in total. The Morgan fingerprint density at radius 3 is 1.30 bits per heavy atom. The van der Waals surface area contributed by atoms with E-state index in [0.717, 1.165) is 24.5 Å². The Hall–Kier alpha value is -2.62. The van der Waals surface area contributed by atoms with Crippen LogP contribution in [-0.2, 0) is 12.8 Å². The summed E-state index contributed by atoms with van der Waals surface area (Å²) in [5.74, 6) is 1.78. The van der Waals surface area contributed by atoms with Gasteiger partial charge in [-0.25, -0.2) is 0 Å². The van der Waals surface area contributed by atoms with Crippen molar-refractivity contribution in [1.82, 2.24) is 10.9 Å². The molecule has 0 bridgehead atoms. The van der Waals surface area contributed by atoms with Gasteiger partial charge in [0.2, 0.25) is 0 Å². The molecule has 0 spiro atoms. The minimum absolute atomic E-state index is 0.141. The molecular formula is C26H34N4. The number of amidine groups is 2. The summed E-state index contributed by atoms with van der Waals surface area (Å²) < 4.78 is 0. The maximum atomic E-state index is 5.02. The molecule has 4 nitrogen and oxygen atoms in total. The van der Waals surface area contributed by atoms with Crippen LogP contribution >= 0.6 is 0 Å². The molecule has 2 aromatic carbocycles. The predicted octanol–water partition coefficient (Wildman–Crippen LogP) is 4.88. The zero-order valence-corrected chi connectivity index (χ0v) is 19.6. The van der Waals surface area contributed by atoms with Gasteiger partial charge >= 0.3 is 0 Å². The fraction of sp³-hybridized carbons (Fsp3) is 0.462. The third-order valence-electron chi connectivity index (χ3n) is 6.32. The zero-order chi connectivity index (χ0) is 21.8. The van der Waals surface area contributed by atoms with Gasteiger partial charge in [0.25, 0.3) is 0 Å². The minimum atomic E-state index is -0.141. The van der Waals surface area contributed by atoms with E-state index in [4.69, 9.17) is 9.98 Å². The van der Waals surface area contributed by atoms with Gasteiger partial charge in [0, 0.05) is 11.1 Å². The van der Waals surface area contributed by atoms with Gasteiger partial charge in [-0.1, -0.05) is 12.1 Å². The van der Waals surface area contributed by atoms with Gasteiger partial charge in [-0.3, -0.25) is 20.8 Å². The van der Waals surface area contributed by atoms with Crippen LogP contribution in [0.15, 0.2) is 34.3 Å². The van der Waals surface area contributed by atoms with Crippen LogP contribution in [0.25, 0.3) is 0 Å². The summed E-state index contributed by atoms with van der Waals surface area (Å²) in [7, 11) is 0. The molecule has 0 amide bonds. The van der Waals surface area contributed by atoms with E-state index in [0.29, 0.717) is 0 Å². The fourth-order valence-corrected chi connectivity index (χ4v) is 4.53. The number of rotatable bonds is 0. The van der Waals surface area contributed by atoms with Gasteiger partial charge < -0.3 is 0 Å². The molecular weight excluding hydrogens is 368 g/mol. The lowest BCUT2D eigenvalue weighted by Crippen LogP contribution is -2.48. The van der Waals surface area contributed by atoms with Crippen LogP contribution in [-0.4, -0.2) is 22.7 Å². The van der Waals surface area contributed by atoms with Crippen molar-refractivity contribution in [3.8, 4) is 0 Å². The van der Waals surface area contributed by atoms with Crippen LogP contribution in [0.5, 0.6) is 0 Å². The van der Waals surface area contributed by atoms with Crippen LogP contribution in [0.2, 0.25) is 0 Å². The van der Waals surface area contributed by atoms with E-state index in [1.807, 2.05) is 0 Å². The molecule has 2 aliphatic rings. The molecule has 2 aliphatic heterocycles. The first-order chi connectivity index (χ1) is 13.9. The summed E-state index contributed by atoms with van der Waals surface area (Å²) in [6.45, 7) is 17.4. The van der Waals surface area contributed by atoms with Gasteiger partial charge in [0.05, 0.1) is 11.1 Å². The van der Waals surface area contributed by atoms with E-state index >= 15 is 0 Å². The molecule has 30 heavy (non-hydrogen) atoms. The van der Waals surface area contributed by atoms with Crippen molar-refractivity contribution in [2.75, 3.05) is 0 Å².